The molecule has 336 valence electrons. The van der Waals surface area contributed by atoms with Crippen molar-refractivity contribution in [1.82, 2.24) is 0 Å². The normalized spacial score (nSPS) is 16.9. The van der Waals surface area contributed by atoms with Crippen molar-refractivity contribution in [3.05, 3.63) is 299 Å². The molecule has 0 radical (unpaired) electrons. The molecule has 72 heavy (non-hydrogen) atoms. The Morgan fingerprint density at radius 2 is 0.625 bits per heavy atom. The van der Waals surface area contributed by atoms with Gasteiger partial charge in [0, 0.05) is 31.4 Å². The molecule has 0 saturated carbocycles. The van der Waals surface area contributed by atoms with E-state index < -0.39 is 18.0 Å². The average molecular weight is 952 g/mol. The van der Waals surface area contributed by atoms with Crippen LogP contribution in [0.4, 0.5) is 17.1 Å². The molecule has 4 heteroatoms. The molecule has 0 aromatic heterocycles. The molecule has 2 unspecified atom stereocenters. The predicted octanol–water partition coefficient (Wildman–Crippen LogP) is 15.9. The van der Waals surface area contributed by atoms with E-state index >= 15 is 4.57 Å². The second-order valence-corrected chi connectivity index (χ2v) is 23.6. The molecule has 2 nitrogen and oxygen atoms in total. The maximum atomic E-state index is 17.4. The van der Waals surface area contributed by atoms with Gasteiger partial charge < -0.3 is 9.46 Å². The minimum atomic E-state index is -3.60. The van der Waals surface area contributed by atoms with Crippen LogP contribution in [0.5, 0.6) is 0 Å². The van der Waals surface area contributed by atoms with Crippen LogP contribution in [-0.4, -0.2) is 0 Å². The fraction of sp³-hybridized carbons (Fsp3) is 0.0294. The zero-order valence-electron chi connectivity index (χ0n) is 39.0. The number of hydrogen-bond donors (Lipinski definition) is 0. The minimum absolute atomic E-state index is 0.566. The topological polar surface area (TPSA) is 20.3 Å². The molecule has 2 spiro atoms. The fourth-order valence-electron chi connectivity index (χ4n) is 13.8. The lowest BCUT2D eigenvalue weighted by Gasteiger charge is -2.35. The lowest BCUT2D eigenvalue weighted by Crippen LogP contribution is -2.31. The molecular weight excluding hydrogens is 910 g/mol. The molecule has 0 saturated heterocycles. The third-order valence-corrected chi connectivity index (χ3v) is 20.7. The molecule has 0 amide bonds. The van der Waals surface area contributed by atoms with E-state index in [0.717, 1.165) is 21.6 Å². The number of para-hydroxylation sites is 2. The standard InChI is InChI=1S/C68H42NOPS/c70-71(44-18-2-1-3-19-44,45-35-38-53-50-23-6-11-27-57(50)67(61(53)41-45)55-25-9-4-20-47(55)48-21-5-10-26-56(48)67)46-36-39-54-51-24-8-13-29-59(51)68(62(54)42-46)58-28-12-7-22-49(58)52-37-34-43(40-60(52)68)69-63-30-14-16-32-65(63)72-66-33-17-15-31-64(66)69/h1-42H. The molecule has 11 aromatic rings. The van der Waals surface area contributed by atoms with Gasteiger partial charge in [0.05, 0.1) is 22.2 Å². The number of benzene rings is 11. The first kappa shape index (κ1) is 40.5. The predicted molar refractivity (Wildman–Crippen MR) is 297 cm³/mol. The smallest absolute Gasteiger partial charge is 0.171 e. The van der Waals surface area contributed by atoms with E-state index in [4.69, 9.17) is 0 Å². The first-order chi connectivity index (χ1) is 35.6. The van der Waals surface area contributed by atoms with Gasteiger partial charge >= 0.3 is 0 Å². The van der Waals surface area contributed by atoms with Crippen LogP contribution in [0.25, 0.3) is 44.5 Å². The summed E-state index contributed by atoms with van der Waals surface area (Å²) in [7, 11) is -3.60. The summed E-state index contributed by atoms with van der Waals surface area (Å²) in [6, 6.07) is 93.2. The molecule has 16 rings (SSSR count). The highest BCUT2D eigenvalue weighted by atomic mass is 32.2. The summed E-state index contributed by atoms with van der Waals surface area (Å²) in [5, 5.41) is 2.48. The first-order valence-corrected chi connectivity index (χ1v) is 27.4. The summed E-state index contributed by atoms with van der Waals surface area (Å²) in [6.07, 6.45) is 0. The lowest BCUT2D eigenvalue weighted by atomic mass is 9.70. The van der Waals surface area contributed by atoms with Gasteiger partial charge in [-0.2, -0.15) is 0 Å². The average Bonchev–Trinajstić information content (AvgIpc) is 4.13. The Bertz CT molecular complexity index is 4090. The Balaban J connectivity index is 0.952. The second kappa shape index (κ2) is 14.7. The van der Waals surface area contributed by atoms with Crippen LogP contribution < -0.4 is 20.8 Å². The number of nitrogens with zero attached hydrogens (tertiary/aromatic N) is 1. The SMILES string of the molecule is O=P(c1ccccc1)(c1ccc2c(c1)C1(c3ccccc3-c3ccccc31)c1ccccc1-2)c1ccc2c(c1)C1(c3ccccc3-c3ccc(N4c5ccccc5Sc5ccccc54)cc31)c1ccccc1-2. The summed E-state index contributed by atoms with van der Waals surface area (Å²) in [6.45, 7) is 0. The summed E-state index contributed by atoms with van der Waals surface area (Å²) in [5.41, 5.74) is 21.9. The Hall–Kier alpha value is -8.20. The largest absolute Gasteiger partial charge is 0.309 e. The van der Waals surface area contributed by atoms with Crippen molar-refractivity contribution in [2.75, 3.05) is 4.90 Å². The second-order valence-electron chi connectivity index (χ2n) is 19.7. The van der Waals surface area contributed by atoms with Gasteiger partial charge in [-0.05, 0) is 138 Å². The number of hydrogen-bond acceptors (Lipinski definition) is 3. The highest BCUT2D eigenvalue weighted by molar-refractivity contribution is 7.99. The van der Waals surface area contributed by atoms with Crippen LogP contribution in [0, 0.1) is 0 Å². The van der Waals surface area contributed by atoms with Crippen molar-refractivity contribution in [2.45, 2.75) is 20.6 Å². The molecule has 2 atom stereocenters. The van der Waals surface area contributed by atoms with Gasteiger partial charge in [-0.3, -0.25) is 0 Å². The molecular formula is C68H42NOPS. The van der Waals surface area contributed by atoms with E-state index in [-0.39, 0.29) is 0 Å². The van der Waals surface area contributed by atoms with Crippen LogP contribution in [0.3, 0.4) is 0 Å². The highest BCUT2D eigenvalue weighted by Crippen LogP contribution is 2.66. The number of fused-ring (bicyclic) bond motifs is 22. The van der Waals surface area contributed by atoms with Crippen LogP contribution in [0.1, 0.15) is 44.5 Å². The van der Waals surface area contributed by atoms with Crippen molar-refractivity contribution in [1.29, 1.82) is 0 Å². The van der Waals surface area contributed by atoms with Crippen molar-refractivity contribution < 1.29 is 4.57 Å². The highest BCUT2D eigenvalue weighted by Gasteiger charge is 2.54. The third kappa shape index (κ3) is 5.00. The van der Waals surface area contributed by atoms with Crippen molar-refractivity contribution >= 4 is 51.9 Å². The molecule has 5 aliphatic rings. The van der Waals surface area contributed by atoms with E-state index in [1.807, 2.05) is 30.0 Å². The van der Waals surface area contributed by atoms with Gasteiger partial charge in [0.1, 0.15) is 0 Å². The van der Waals surface area contributed by atoms with E-state index in [1.54, 1.807) is 0 Å². The summed E-state index contributed by atoms with van der Waals surface area (Å²) in [4.78, 5) is 4.91. The van der Waals surface area contributed by atoms with E-state index in [1.165, 1.54) is 110 Å². The zero-order chi connectivity index (χ0) is 47.3. The van der Waals surface area contributed by atoms with Gasteiger partial charge in [0.15, 0.2) is 7.14 Å². The lowest BCUT2D eigenvalue weighted by molar-refractivity contribution is 0.592. The van der Waals surface area contributed by atoms with E-state index in [9.17, 15) is 0 Å². The molecule has 1 heterocycles. The number of anilines is 3. The van der Waals surface area contributed by atoms with Gasteiger partial charge in [-0.25, -0.2) is 0 Å². The van der Waals surface area contributed by atoms with Crippen LogP contribution >= 0.6 is 18.9 Å². The van der Waals surface area contributed by atoms with Gasteiger partial charge in [0.2, 0.25) is 0 Å². The number of rotatable bonds is 4. The fourth-order valence-corrected chi connectivity index (χ4v) is 17.5. The van der Waals surface area contributed by atoms with Crippen LogP contribution in [0.2, 0.25) is 0 Å². The Morgan fingerprint density at radius 1 is 0.292 bits per heavy atom. The summed E-state index contributed by atoms with van der Waals surface area (Å²) >= 11 is 1.83. The molecule has 0 bridgehead atoms. The van der Waals surface area contributed by atoms with E-state index in [2.05, 4.69) is 241 Å². The summed E-state index contributed by atoms with van der Waals surface area (Å²) < 4.78 is 17.4. The maximum absolute atomic E-state index is 17.4. The molecule has 11 aromatic carbocycles. The third-order valence-electron chi connectivity index (χ3n) is 16.6. The van der Waals surface area contributed by atoms with Gasteiger partial charge in [-0.15, -0.1) is 0 Å². The van der Waals surface area contributed by atoms with Gasteiger partial charge in [0.25, 0.3) is 0 Å². The van der Waals surface area contributed by atoms with Crippen molar-refractivity contribution in [2.24, 2.45) is 0 Å². The van der Waals surface area contributed by atoms with Crippen molar-refractivity contribution in [3.8, 4) is 44.5 Å². The van der Waals surface area contributed by atoms with E-state index in [0.29, 0.717) is 0 Å². The minimum Gasteiger partial charge on any atom is -0.309 e. The first-order valence-electron chi connectivity index (χ1n) is 24.8. The Morgan fingerprint density at radius 3 is 1.07 bits per heavy atom. The van der Waals surface area contributed by atoms with Crippen molar-refractivity contribution in [3.63, 3.8) is 0 Å². The molecule has 4 aliphatic carbocycles. The monoisotopic (exact) mass is 951 g/mol. The molecule has 0 fully saturated rings. The zero-order valence-corrected chi connectivity index (χ0v) is 40.7. The quantitative estimate of drug-likeness (QED) is 0.164. The van der Waals surface area contributed by atoms with Crippen LogP contribution in [0.15, 0.2) is 265 Å². The van der Waals surface area contributed by atoms with Gasteiger partial charge in [-0.1, -0.05) is 218 Å². The summed E-state index contributed by atoms with van der Waals surface area (Å²) in [5.74, 6) is 0. The van der Waals surface area contributed by atoms with Crippen LogP contribution in [-0.2, 0) is 15.4 Å². The Labute approximate surface area is 423 Å². The maximum Gasteiger partial charge on any atom is 0.171 e. The molecule has 0 N–H and O–H groups in total. The molecule has 1 aliphatic heterocycles. The Kier molecular flexibility index (Phi) is 8.26.